The largest absolute Gasteiger partial charge is 0.396 e. The molecule has 22 heavy (non-hydrogen) atoms. The molecule has 0 aromatic heterocycles. The van der Waals surface area contributed by atoms with E-state index < -0.39 is 0 Å². The van der Waals surface area contributed by atoms with E-state index in [1.165, 1.54) is 0 Å². The van der Waals surface area contributed by atoms with Gasteiger partial charge in [0.15, 0.2) is 0 Å². The molecule has 0 saturated carbocycles. The van der Waals surface area contributed by atoms with Crippen LogP contribution >= 0.6 is 0 Å². The van der Waals surface area contributed by atoms with E-state index >= 15 is 0 Å². The summed E-state index contributed by atoms with van der Waals surface area (Å²) < 4.78 is 5.33. The minimum absolute atomic E-state index is 0.0366. The van der Waals surface area contributed by atoms with E-state index in [9.17, 15) is 14.7 Å². The number of carbonyl (C=O) groups excluding carboxylic acids is 2. The number of aliphatic hydroxyl groups excluding tert-OH is 1. The van der Waals surface area contributed by atoms with E-state index in [0.717, 1.165) is 38.7 Å². The molecule has 0 unspecified atom stereocenters. The number of ether oxygens (including phenoxy) is 1. The van der Waals surface area contributed by atoms with Crippen LogP contribution in [0, 0.1) is 11.8 Å². The molecule has 2 atom stereocenters. The Kier molecular flexibility index (Phi) is 7.12. The van der Waals surface area contributed by atoms with Crippen molar-refractivity contribution in [3.63, 3.8) is 0 Å². The summed E-state index contributed by atoms with van der Waals surface area (Å²) in [6.45, 7) is 2.70. The number of hydrogen-bond donors (Lipinski definition) is 2. The third-order valence-corrected chi connectivity index (χ3v) is 4.68. The van der Waals surface area contributed by atoms with Gasteiger partial charge in [0.25, 0.3) is 0 Å². The Labute approximate surface area is 132 Å². The van der Waals surface area contributed by atoms with Crippen molar-refractivity contribution >= 4 is 11.8 Å². The Morgan fingerprint density at radius 2 is 2.18 bits per heavy atom. The highest BCUT2D eigenvalue weighted by atomic mass is 16.5. The first kappa shape index (κ1) is 17.2. The third kappa shape index (κ3) is 5.25. The number of rotatable bonds is 6. The lowest BCUT2D eigenvalue weighted by Gasteiger charge is -2.25. The lowest BCUT2D eigenvalue weighted by Crippen LogP contribution is -2.43. The highest BCUT2D eigenvalue weighted by molar-refractivity contribution is 5.84. The second-order valence-corrected chi connectivity index (χ2v) is 6.35. The van der Waals surface area contributed by atoms with Gasteiger partial charge < -0.3 is 20.1 Å². The number of nitrogens with one attached hydrogen (secondary N) is 1. The first-order valence-corrected chi connectivity index (χ1v) is 8.43. The molecule has 2 saturated heterocycles. The molecule has 2 N–H and O–H groups in total. The van der Waals surface area contributed by atoms with Crippen LogP contribution in [0.5, 0.6) is 0 Å². The number of likely N-dealkylation sites (tertiary alicyclic amines) is 1. The van der Waals surface area contributed by atoms with Gasteiger partial charge in [0, 0.05) is 45.2 Å². The zero-order chi connectivity index (χ0) is 15.8. The molecule has 126 valence electrons. The Balaban J connectivity index is 1.74. The topological polar surface area (TPSA) is 78.9 Å². The van der Waals surface area contributed by atoms with E-state index in [4.69, 9.17) is 4.74 Å². The minimum Gasteiger partial charge on any atom is -0.396 e. The summed E-state index contributed by atoms with van der Waals surface area (Å²) in [7, 11) is 0. The molecule has 0 aliphatic carbocycles. The smallest absolute Gasteiger partial charge is 0.239 e. The predicted octanol–water partition coefficient (Wildman–Crippen LogP) is 0.540. The van der Waals surface area contributed by atoms with Crippen molar-refractivity contribution in [2.24, 2.45) is 11.8 Å². The molecule has 6 heteroatoms. The maximum Gasteiger partial charge on any atom is 0.239 e. The Bertz CT molecular complexity index is 369. The first-order valence-electron chi connectivity index (χ1n) is 8.43. The molecule has 0 bridgehead atoms. The first-order chi connectivity index (χ1) is 10.7. The average molecular weight is 312 g/mol. The van der Waals surface area contributed by atoms with Crippen molar-refractivity contribution in [1.82, 2.24) is 10.2 Å². The summed E-state index contributed by atoms with van der Waals surface area (Å²) in [4.78, 5) is 25.7. The van der Waals surface area contributed by atoms with Crippen LogP contribution < -0.4 is 5.32 Å². The van der Waals surface area contributed by atoms with E-state index in [2.05, 4.69) is 5.32 Å². The summed E-state index contributed by atoms with van der Waals surface area (Å²) in [6, 6.07) is 0. The summed E-state index contributed by atoms with van der Waals surface area (Å²) >= 11 is 0. The normalized spacial score (nSPS) is 24.7. The number of nitrogens with zero attached hydrogens (tertiary/aromatic N) is 1. The number of aliphatic hydroxyl groups is 1. The second kappa shape index (κ2) is 9.10. The maximum absolute atomic E-state index is 12.1. The Hall–Kier alpha value is -1.14. The average Bonchev–Trinajstić information content (AvgIpc) is 3.02. The van der Waals surface area contributed by atoms with Gasteiger partial charge in [0.05, 0.1) is 6.54 Å². The van der Waals surface area contributed by atoms with Gasteiger partial charge in [-0.05, 0) is 25.2 Å². The quantitative estimate of drug-likeness (QED) is 0.750. The monoisotopic (exact) mass is 312 g/mol. The lowest BCUT2D eigenvalue weighted by atomic mass is 9.92. The molecule has 2 aliphatic heterocycles. The van der Waals surface area contributed by atoms with Crippen LogP contribution in [0.15, 0.2) is 0 Å². The number of carbonyl (C=O) groups is 2. The van der Waals surface area contributed by atoms with Crippen LogP contribution in [0.3, 0.4) is 0 Å². The van der Waals surface area contributed by atoms with Crippen molar-refractivity contribution in [3.05, 3.63) is 0 Å². The molecule has 0 radical (unpaired) electrons. The van der Waals surface area contributed by atoms with Gasteiger partial charge in [-0.2, -0.15) is 0 Å². The molecule has 2 heterocycles. The van der Waals surface area contributed by atoms with Crippen LogP contribution in [0.4, 0.5) is 0 Å². The fraction of sp³-hybridized carbons (Fsp3) is 0.875. The second-order valence-electron chi connectivity index (χ2n) is 6.35. The number of hydrogen-bond acceptors (Lipinski definition) is 4. The maximum atomic E-state index is 12.1. The van der Waals surface area contributed by atoms with Gasteiger partial charge in [0.1, 0.15) is 0 Å². The fourth-order valence-electron chi connectivity index (χ4n) is 3.16. The van der Waals surface area contributed by atoms with Crippen LogP contribution in [0.2, 0.25) is 0 Å². The fourth-order valence-corrected chi connectivity index (χ4v) is 3.16. The van der Waals surface area contributed by atoms with Crippen LogP contribution in [-0.2, 0) is 14.3 Å². The van der Waals surface area contributed by atoms with Gasteiger partial charge in [0.2, 0.25) is 11.8 Å². The van der Waals surface area contributed by atoms with Crippen LogP contribution in [-0.4, -0.2) is 61.3 Å². The Morgan fingerprint density at radius 1 is 1.36 bits per heavy atom. The molecular formula is C16H28N2O4. The number of amides is 2. The summed E-state index contributed by atoms with van der Waals surface area (Å²) in [5.41, 5.74) is 0. The third-order valence-electron chi connectivity index (χ3n) is 4.68. The SMILES string of the molecule is O=C(CN1CCCCCCC1=O)NC[C@@H](CO)[C@@H]1CCOC1. The molecule has 2 amide bonds. The zero-order valence-corrected chi connectivity index (χ0v) is 13.3. The van der Waals surface area contributed by atoms with Crippen molar-refractivity contribution in [1.29, 1.82) is 0 Å². The lowest BCUT2D eigenvalue weighted by molar-refractivity contribution is -0.136. The minimum atomic E-state index is -0.133. The standard InChI is InChI=1S/C16H28N2O4/c19-11-14(13-6-8-22-12-13)9-17-15(20)10-18-7-4-2-1-3-5-16(18)21/h13-14,19H,1-12H2,(H,17,20)/t13-,14+/m1/s1. The van der Waals surface area contributed by atoms with Gasteiger partial charge in [-0.15, -0.1) is 0 Å². The molecule has 0 spiro atoms. The van der Waals surface area contributed by atoms with Crippen molar-refractivity contribution < 1.29 is 19.4 Å². The predicted molar refractivity (Wildman–Crippen MR) is 82.2 cm³/mol. The van der Waals surface area contributed by atoms with Crippen molar-refractivity contribution in [2.45, 2.75) is 38.5 Å². The van der Waals surface area contributed by atoms with Crippen molar-refractivity contribution in [2.75, 3.05) is 39.5 Å². The molecule has 2 aliphatic rings. The highest BCUT2D eigenvalue weighted by Crippen LogP contribution is 2.21. The van der Waals surface area contributed by atoms with E-state index in [1.807, 2.05) is 0 Å². The Morgan fingerprint density at radius 3 is 2.91 bits per heavy atom. The van der Waals surface area contributed by atoms with Gasteiger partial charge in [-0.25, -0.2) is 0 Å². The van der Waals surface area contributed by atoms with Crippen LogP contribution in [0.1, 0.15) is 38.5 Å². The van der Waals surface area contributed by atoms with Gasteiger partial charge in [-0.1, -0.05) is 12.8 Å². The van der Waals surface area contributed by atoms with E-state index in [0.29, 0.717) is 32.0 Å². The van der Waals surface area contributed by atoms with Gasteiger partial charge >= 0.3 is 0 Å². The molecule has 6 nitrogen and oxygen atoms in total. The molecular weight excluding hydrogens is 284 g/mol. The highest BCUT2D eigenvalue weighted by Gasteiger charge is 2.26. The van der Waals surface area contributed by atoms with E-state index in [-0.39, 0.29) is 30.9 Å². The summed E-state index contributed by atoms with van der Waals surface area (Å²) in [5.74, 6) is 0.298. The van der Waals surface area contributed by atoms with Crippen molar-refractivity contribution in [3.8, 4) is 0 Å². The van der Waals surface area contributed by atoms with Crippen LogP contribution in [0.25, 0.3) is 0 Å². The molecule has 0 aromatic carbocycles. The summed E-state index contributed by atoms with van der Waals surface area (Å²) in [6.07, 6.45) is 5.60. The zero-order valence-electron chi connectivity index (χ0n) is 13.3. The van der Waals surface area contributed by atoms with E-state index in [1.54, 1.807) is 4.90 Å². The molecule has 0 aromatic rings. The summed E-state index contributed by atoms with van der Waals surface area (Å²) in [5, 5.41) is 12.3. The molecule has 2 rings (SSSR count). The molecule has 2 fully saturated rings. The van der Waals surface area contributed by atoms with Gasteiger partial charge in [-0.3, -0.25) is 9.59 Å².